The van der Waals surface area contributed by atoms with Crippen molar-refractivity contribution in [1.29, 1.82) is 0 Å². The molecule has 0 aliphatic heterocycles. The van der Waals surface area contributed by atoms with Crippen molar-refractivity contribution in [2.24, 2.45) is 5.92 Å². The summed E-state index contributed by atoms with van der Waals surface area (Å²) in [5.74, 6) is -0.899. The summed E-state index contributed by atoms with van der Waals surface area (Å²) in [6.45, 7) is 4.55. The lowest BCUT2D eigenvalue weighted by atomic mass is 9.90. The molecule has 1 heterocycles. The van der Waals surface area contributed by atoms with Gasteiger partial charge in [0, 0.05) is 35.1 Å². The Labute approximate surface area is 170 Å². The minimum absolute atomic E-state index is 0.0468. The lowest BCUT2D eigenvalue weighted by Gasteiger charge is -2.26. The number of benzene rings is 2. The molecular formula is C24H26N2O3. The maximum Gasteiger partial charge on any atom is 0.335 e. The summed E-state index contributed by atoms with van der Waals surface area (Å²) >= 11 is 0. The standard InChI is InChI=1S/C24H26N2O3/c1-15(2)23(27)25-18-9-11-22-20(13-18)19-12-17(24(28)29)8-10-21(19)26(22)14-16-6-4-3-5-7-16/h3-8,10,12,15,18H,9,11,13-14H2,1-2H3,(H,25,27)(H,28,29). The number of aromatic nitrogens is 1. The minimum Gasteiger partial charge on any atom is -0.478 e. The van der Waals surface area contributed by atoms with E-state index in [-0.39, 0.29) is 17.9 Å². The van der Waals surface area contributed by atoms with Gasteiger partial charge in [-0.3, -0.25) is 4.79 Å². The van der Waals surface area contributed by atoms with Crippen LogP contribution in [0.2, 0.25) is 0 Å². The number of carboxylic acids is 1. The van der Waals surface area contributed by atoms with Gasteiger partial charge in [0.2, 0.25) is 5.91 Å². The molecule has 1 aliphatic carbocycles. The van der Waals surface area contributed by atoms with E-state index in [2.05, 4.69) is 22.0 Å². The number of fused-ring (bicyclic) bond motifs is 3. The molecule has 0 bridgehead atoms. The Bertz CT molecular complexity index is 1070. The maximum absolute atomic E-state index is 12.2. The Morgan fingerprint density at radius 3 is 2.62 bits per heavy atom. The highest BCUT2D eigenvalue weighted by atomic mass is 16.4. The molecule has 0 radical (unpaired) electrons. The zero-order chi connectivity index (χ0) is 20.5. The van der Waals surface area contributed by atoms with Gasteiger partial charge in [-0.25, -0.2) is 4.79 Å². The third-order valence-electron chi connectivity index (χ3n) is 5.77. The summed E-state index contributed by atoms with van der Waals surface area (Å²) in [4.78, 5) is 23.7. The van der Waals surface area contributed by atoms with Crippen LogP contribution >= 0.6 is 0 Å². The third kappa shape index (κ3) is 3.77. The van der Waals surface area contributed by atoms with Gasteiger partial charge in [-0.2, -0.15) is 0 Å². The summed E-state index contributed by atoms with van der Waals surface area (Å²) in [5.41, 5.74) is 4.98. The van der Waals surface area contributed by atoms with E-state index in [0.29, 0.717) is 5.56 Å². The van der Waals surface area contributed by atoms with Crippen molar-refractivity contribution < 1.29 is 14.7 Å². The molecule has 4 rings (SSSR count). The molecular weight excluding hydrogens is 364 g/mol. The van der Waals surface area contributed by atoms with E-state index in [9.17, 15) is 14.7 Å². The number of carbonyl (C=O) groups excluding carboxylic acids is 1. The second-order valence-corrected chi connectivity index (χ2v) is 8.14. The number of aromatic carboxylic acids is 1. The fourth-order valence-corrected chi connectivity index (χ4v) is 4.22. The minimum atomic E-state index is -0.920. The predicted molar refractivity (Wildman–Crippen MR) is 113 cm³/mol. The number of nitrogens with one attached hydrogen (secondary N) is 1. The van der Waals surface area contributed by atoms with Gasteiger partial charge in [-0.05, 0) is 48.6 Å². The molecule has 2 aromatic carbocycles. The Balaban J connectivity index is 1.77. The van der Waals surface area contributed by atoms with Crippen molar-refractivity contribution in [2.75, 3.05) is 0 Å². The largest absolute Gasteiger partial charge is 0.478 e. The van der Waals surface area contributed by atoms with Crippen LogP contribution in [-0.2, 0) is 24.2 Å². The topological polar surface area (TPSA) is 71.3 Å². The van der Waals surface area contributed by atoms with E-state index < -0.39 is 5.97 Å². The lowest BCUT2D eigenvalue weighted by Crippen LogP contribution is -2.41. The summed E-state index contributed by atoms with van der Waals surface area (Å²) in [5, 5.41) is 13.6. The van der Waals surface area contributed by atoms with Gasteiger partial charge in [0.05, 0.1) is 5.56 Å². The van der Waals surface area contributed by atoms with Gasteiger partial charge < -0.3 is 15.0 Å². The molecule has 1 amide bonds. The molecule has 5 heteroatoms. The summed E-state index contributed by atoms with van der Waals surface area (Å²) in [6, 6.07) is 15.8. The van der Waals surface area contributed by atoms with Crippen LogP contribution in [0.25, 0.3) is 10.9 Å². The molecule has 1 aliphatic rings. The molecule has 0 spiro atoms. The number of hydrogen-bond acceptors (Lipinski definition) is 2. The Hall–Kier alpha value is -3.08. The van der Waals surface area contributed by atoms with Crippen molar-refractivity contribution in [3.63, 3.8) is 0 Å². The van der Waals surface area contributed by atoms with Crippen molar-refractivity contribution in [1.82, 2.24) is 9.88 Å². The van der Waals surface area contributed by atoms with E-state index >= 15 is 0 Å². The summed E-state index contributed by atoms with van der Waals surface area (Å²) in [7, 11) is 0. The number of amides is 1. The van der Waals surface area contributed by atoms with Crippen LogP contribution in [0.15, 0.2) is 48.5 Å². The molecule has 5 nitrogen and oxygen atoms in total. The Morgan fingerprint density at radius 2 is 1.93 bits per heavy atom. The zero-order valence-corrected chi connectivity index (χ0v) is 16.8. The normalized spacial score (nSPS) is 16.0. The van der Waals surface area contributed by atoms with Crippen molar-refractivity contribution in [3.8, 4) is 0 Å². The third-order valence-corrected chi connectivity index (χ3v) is 5.77. The molecule has 0 fully saturated rings. The molecule has 0 saturated carbocycles. The number of hydrogen-bond donors (Lipinski definition) is 2. The van der Waals surface area contributed by atoms with Crippen LogP contribution in [0.5, 0.6) is 0 Å². The highest BCUT2D eigenvalue weighted by Crippen LogP contribution is 2.34. The first kappa shape index (κ1) is 19.2. The Morgan fingerprint density at radius 1 is 1.17 bits per heavy atom. The van der Waals surface area contributed by atoms with E-state index in [1.54, 1.807) is 12.1 Å². The van der Waals surface area contributed by atoms with Crippen LogP contribution in [0, 0.1) is 5.92 Å². The maximum atomic E-state index is 12.2. The SMILES string of the molecule is CC(C)C(=O)NC1CCc2c(c3cc(C(=O)O)ccc3n2Cc2ccccc2)C1. The first-order valence-corrected chi connectivity index (χ1v) is 10.2. The molecule has 1 atom stereocenters. The van der Waals surface area contributed by atoms with Gasteiger partial charge in [-0.1, -0.05) is 44.2 Å². The van der Waals surface area contributed by atoms with Crippen LogP contribution in [0.4, 0.5) is 0 Å². The average Bonchev–Trinajstić information content (AvgIpc) is 3.01. The van der Waals surface area contributed by atoms with E-state index in [1.165, 1.54) is 16.8 Å². The molecule has 29 heavy (non-hydrogen) atoms. The Kier molecular flexibility index (Phi) is 5.14. The average molecular weight is 390 g/mol. The second-order valence-electron chi connectivity index (χ2n) is 8.14. The first-order valence-electron chi connectivity index (χ1n) is 10.2. The van der Waals surface area contributed by atoms with Crippen LogP contribution in [0.1, 0.15) is 47.4 Å². The molecule has 3 aromatic rings. The summed E-state index contributed by atoms with van der Waals surface area (Å²) < 4.78 is 2.31. The molecule has 1 aromatic heterocycles. The second kappa shape index (κ2) is 7.74. The van der Waals surface area contributed by atoms with Gasteiger partial charge in [0.1, 0.15) is 0 Å². The van der Waals surface area contributed by atoms with Crippen LogP contribution < -0.4 is 5.32 Å². The number of carbonyl (C=O) groups is 2. The number of carboxylic acid groups (broad SMARTS) is 1. The van der Waals surface area contributed by atoms with Crippen LogP contribution in [0.3, 0.4) is 0 Å². The zero-order valence-electron chi connectivity index (χ0n) is 16.8. The monoisotopic (exact) mass is 390 g/mol. The van der Waals surface area contributed by atoms with Crippen molar-refractivity contribution >= 4 is 22.8 Å². The lowest BCUT2D eigenvalue weighted by molar-refractivity contribution is -0.124. The summed E-state index contributed by atoms with van der Waals surface area (Å²) in [6.07, 6.45) is 2.49. The van der Waals surface area contributed by atoms with Gasteiger partial charge in [0.25, 0.3) is 0 Å². The van der Waals surface area contributed by atoms with E-state index in [1.807, 2.05) is 38.1 Å². The highest BCUT2D eigenvalue weighted by Gasteiger charge is 2.27. The highest BCUT2D eigenvalue weighted by molar-refractivity contribution is 5.95. The quantitative estimate of drug-likeness (QED) is 0.691. The van der Waals surface area contributed by atoms with Crippen molar-refractivity contribution in [2.45, 2.75) is 45.7 Å². The van der Waals surface area contributed by atoms with Gasteiger partial charge in [-0.15, -0.1) is 0 Å². The molecule has 0 saturated heterocycles. The van der Waals surface area contributed by atoms with Crippen molar-refractivity contribution in [3.05, 3.63) is 70.9 Å². The first-order chi connectivity index (χ1) is 13.9. The van der Waals surface area contributed by atoms with Crippen LogP contribution in [-0.4, -0.2) is 27.6 Å². The van der Waals surface area contributed by atoms with E-state index in [4.69, 9.17) is 0 Å². The number of rotatable bonds is 5. The number of nitrogens with zero attached hydrogens (tertiary/aromatic N) is 1. The molecule has 2 N–H and O–H groups in total. The molecule has 1 unspecified atom stereocenters. The smallest absolute Gasteiger partial charge is 0.335 e. The van der Waals surface area contributed by atoms with Gasteiger partial charge >= 0.3 is 5.97 Å². The predicted octanol–water partition coefficient (Wildman–Crippen LogP) is 4.02. The molecule has 150 valence electrons. The van der Waals surface area contributed by atoms with E-state index in [0.717, 1.165) is 36.7 Å². The fourth-order valence-electron chi connectivity index (χ4n) is 4.22. The van der Waals surface area contributed by atoms with Gasteiger partial charge in [0.15, 0.2) is 0 Å². The fraction of sp³-hybridized carbons (Fsp3) is 0.333.